The number of anilines is 1. The molecule has 1 aliphatic rings. The van der Waals surface area contributed by atoms with Crippen LogP contribution in [-0.2, 0) is 4.79 Å². The molecule has 1 unspecified atom stereocenters. The molecule has 1 atom stereocenters. The summed E-state index contributed by atoms with van der Waals surface area (Å²) < 4.78 is 0. The average molecular weight is 241 g/mol. The lowest BCUT2D eigenvalue weighted by molar-refractivity contribution is -0.117. The summed E-state index contributed by atoms with van der Waals surface area (Å²) in [7, 11) is 0. The summed E-state index contributed by atoms with van der Waals surface area (Å²) in [5.41, 5.74) is 9.18. The van der Waals surface area contributed by atoms with Gasteiger partial charge in [0.1, 0.15) is 0 Å². The summed E-state index contributed by atoms with van der Waals surface area (Å²) in [6.07, 6.45) is 0.465. The minimum Gasteiger partial charge on any atom is -0.326 e. The van der Waals surface area contributed by atoms with Gasteiger partial charge >= 0.3 is 0 Å². The van der Waals surface area contributed by atoms with E-state index in [2.05, 4.69) is 13.8 Å². The lowest BCUT2D eigenvalue weighted by Gasteiger charge is -2.17. The number of nitrogens with two attached hydrogens (primary N) is 1. The summed E-state index contributed by atoms with van der Waals surface area (Å²) in [6.45, 7) is 4.76. The Kier molecular flexibility index (Phi) is 3.94. The highest BCUT2D eigenvalue weighted by molar-refractivity contribution is 5.96. The van der Waals surface area contributed by atoms with E-state index in [1.54, 1.807) is 4.90 Å². The lowest BCUT2D eigenvalue weighted by atomic mass is 10.1. The second kappa shape index (κ2) is 4.85. The first-order valence-electron chi connectivity index (χ1n) is 5.21. The lowest BCUT2D eigenvalue weighted by Crippen LogP contribution is -2.27. The van der Waals surface area contributed by atoms with Crippen molar-refractivity contribution in [3.05, 3.63) is 29.3 Å². The maximum atomic E-state index is 11.6. The van der Waals surface area contributed by atoms with Gasteiger partial charge in [0.2, 0.25) is 5.91 Å². The summed E-state index contributed by atoms with van der Waals surface area (Å²) in [5, 5.41) is 0. The molecule has 0 aliphatic carbocycles. The highest BCUT2D eigenvalue weighted by Gasteiger charge is 2.27. The summed E-state index contributed by atoms with van der Waals surface area (Å²) in [4.78, 5) is 13.4. The number of aryl methyl sites for hydroxylation is 2. The maximum Gasteiger partial charge on any atom is 0.228 e. The van der Waals surface area contributed by atoms with Crippen LogP contribution in [0.3, 0.4) is 0 Å². The molecule has 2 rings (SSSR count). The monoisotopic (exact) mass is 240 g/mol. The molecule has 16 heavy (non-hydrogen) atoms. The molecule has 1 aromatic carbocycles. The number of amides is 1. The van der Waals surface area contributed by atoms with Gasteiger partial charge in [-0.25, -0.2) is 0 Å². The molecule has 0 radical (unpaired) electrons. The summed E-state index contributed by atoms with van der Waals surface area (Å²) >= 11 is 0. The first-order chi connectivity index (χ1) is 7.08. The standard InChI is InChI=1S/C12H16N2O.ClH/c1-8-3-4-11(5-9(8)2)14-7-10(13)6-12(14)15;/h3-5,10H,6-7,13H2,1-2H3;1H. The molecule has 0 spiro atoms. The quantitative estimate of drug-likeness (QED) is 0.814. The molecule has 2 N–H and O–H groups in total. The van der Waals surface area contributed by atoms with Gasteiger partial charge in [0.25, 0.3) is 0 Å². The molecule has 1 heterocycles. The molecule has 1 aliphatic heterocycles. The normalized spacial score (nSPS) is 19.8. The minimum absolute atomic E-state index is 0. The first-order valence-corrected chi connectivity index (χ1v) is 5.21. The van der Waals surface area contributed by atoms with Gasteiger partial charge < -0.3 is 10.6 Å². The third kappa shape index (κ3) is 2.36. The zero-order chi connectivity index (χ0) is 11.0. The molecule has 4 heteroatoms. The van der Waals surface area contributed by atoms with Crippen LogP contribution in [0.5, 0.6) is 0 Å². The summed E-state index contributed by atoms with van der Waals surface area (Å²) in [6, 6.07) is 6.06. The highest BCUT2D eigenvalue weighted by atomic mass is 35.5. The van der Waals surface area contributed by atoms with Crippen molar-refractivity contribution in [2.24, 2.45) is 5.73 Å². The van der Waals surface area contributed by atoms with Gasteiger partial charge in [0, 0.05) is 24.7 Å². The van der Waals surface area contributed by atoms with E-state index >= 15 is 0 Å². The van der Waals surface area contributed by atoms with Crippen molar-refractivity contribution in [2.45, 2.75) is 26.3 Å². The number of carbonyl (C=O) groups excluding carboxylic acids is 1. The number of hydrogen-bond donors (Lipinski definition) is 1. The van der Waals surface area contributed by atoms with E-state index in [1.165, 1.54) is 11.1 Å². The molecule has 0 bridgehead atoms. The van der Waals surface area contributed by atoms with E-state index < -0.39 is 0 Å². The second-order valence-corrected chi connectivity index (χ2v) is 4.24. The van der Waals surface area contributed by atoms with Gasteiger partial charge in [-0.15, -0.1) is 12.4 Å². The van der Waals surface area contributed by atoms with E-state index in [1.807, 2.05) is 18.2 Å². The van der Waals surface area contributed by atoms with E-state index in [4.69, 9.17) is 5.73 Å². The van der Waals surface area contributed by atoms with Crippen LogP contribution < -0.4 is 10.6 Å². The number of halogens is 1. The van der Waals surface area contributed by atoms with Crippen molar-refractivity contribution >= 4 is 24.0 Å². The molecule has 1 saturated heterocycles. The largest absolute Gasteiger partial charge is 0.326 e. The smallest absolute Gasteiger partial charge is 0.228 e. The fourth-order valence-corrected chi connectivity index (χ4v) is 1.88. The molecule has 1 aromatic rings. The molecule has 88 valence electrons. The van der Waals surface area contributed by atoms with Crippen molar-refractivity contribution in [3.8, 4) is 0 Å². The van der Waals surface area contributed by atoms with Gasteiger partial charge in [0.05, 0.1) is 0 Å². The van der Waals surface area contributed by atoms with E-state index in [9.17, 15) is 4.79 Å². The van der Waals surface area contributed by atoms with Crippen molar-refractivity contribution < 1.29 is 4.79 Å². The highest BCUT2D eigenvalue weighted by Crippen LogP contribution is 2.23. The zero-order valence-electron chi connectivity index (χ0n) is 9.56. The third-order valence-corrected chi connectivity index (χ3v) is 2.96. The fraction of sp³-hybridized carbons (Fsp3) is 0.417. The Bertz CT molecular complexity index is 406. The van der Waals surface area contributed by atoms with E-state index in [0.717, 1.165) is 5.69 Å². The van der Waals surface area contributed by atoms with Gasteiger partial charge in [-0.1, -0.05) is 6.07 Å². The SMILES string of the molecule is Cc1ccc(N2CC(N)CC2=O)cc1C.Cl. The Hall–Kier alpha value is -1.06. The Balaban J connectivity index is 0.00000128. The van der Waals surface area contributed by atoms with Crippen molar-refractivity contribution in [3.63, 3.8) is 0 Å². The molecule has 3 nitrogen and oxygen atoms in total. The van der Waals surface area contributed by atoms with Gasteiger partial charge in [-0.05, 0) is 37.1 Å². The number of nitrogens with zero attached hydrogens (tertiary/aromatic N) is 1. The van der Waals surface area contributed by atoms with Crippen LogP contribution in [0.15, 0.2) is 18.2 Å². The van der Waals surface area contributed by atoms with E-state index in [0.29, 0.717) is 13.0 Å². The molecule has 1 fully saturated rings. The molecule has 0 aromatic heterocycles. The van der Waals surface area contributed by atoms with Crippen LogP contribution in [0, 0.1) is 13.8 Å². The Morgan fingerprint density at radius 2 is 2.00 bits per heavy atom. The van der Waals surface area contributed by atoms with Crippen LogP contribution in [-0.4, -0.2) is 18.5 Å². The van der Waals surface area contributed by atoms with Gasteiger partial charge in [0.15, 0.2) is 0 Å². The predicted molar refractivity (Wildman–Crippen MR) is 68.1 cm³/mol. The second-order valence-electron chi connectivity index (χ2n) is 4.24. The number of rotatable bonds is 1. The van der Waals surface area contributed by atoms with Crippen LogP contribution in [0.1, 0.15) is 17.5 Å². The van der Waals surface area contributed by atoms with Crippen LogP contribution in [0.4, 0.5) is 5.69 Å². The van der Waals surface area contributed by atoms with Crippen LogP contribution in [0.25, 0.3) is 0 Å². The minimum atomic E-state index is -0.0147. The Labute approximate surface area is 102 Å². The Morgan fingerprint density at radius 1 is 1.31 bits per heavy atom. The van der Waals surface area contributed by atoms with E-state index in [-0.39, 0.29) is 24.4 Å². The predicted octanol–water partition coefficient (Wildman–Crippen LogP) is 1.79. The maximum absolute atomic E-state index is 11.6. The molecular formula is C12H17ClN2O. The van der Waals surface area contributed by atoms with Gasteiger partial charge in [-0.2, -0.15) is 0 Å². The molecular weight excluding hydrogens is 224 g/mol. The zero-order valence-corrected chi connectivity index (χ0v) is 10.4. The van der Waals surface area contributed by atoms with Crippen molar-refractivity contribution in [1.29, 1.82) is 0 Å². The van der Waals surface area contributed by atoms with Crippen molar-refractivity contribution in [2.75, 3.05) is 11.4 Å². The third-order valence-electron chi connectivity index (χ3n) is 2.96. The molecule has 1 amide bonds. The number of benzene rings is 1. The first kappa shape index (κ1) is 13.0. The topological polar surface area (TPSA) is 46.3 Å². The Morgan fingerprint density at radius 3 is 2.50 bits per heavy atom. The number of carbonyl (C=O) groups is 1. The fourth-order valence-electron chi connectivity index (χ4n) is 1.88. The molecule has 0 saturated carbocycles. The number of hydrogen-bond acceptors (Lipinski definition) is 2. The van der Waals surface area contributed by atoms with Crippen molar-refractivity contribution in [1.82, 2.24) is 0 Å². The van der Waals surface area contributed by atoms with Crippen LogP contribution >= 0.6 is 12.4 Å². The van der Waals surface area contributed by atoms with Gasteiger partial charge in [-0.3, -0.25) is 4.79 Å². The average Bonchev–Trinajstić information content (AvgIpc) is 2.50. The van der Waals surface area contributed by atoms with Crippen LogP contribution in [0.2, 0.25) is 0 Å². The summed E-state index contributed by atoms with van der Waals surface area (Å²) in [5.74, 6) is 0.130.